The van der Waals surface area contributed by atoms with Crippen LogP contribution in [0.15, 0.2) is 36.7 Å². The second-order valence-electron chi connectivity index (χ2n) is 5.60. The van der Waals surface area contributed by atoms with Crippen molar-refractivity contribution < 1.29 is 13.2 Å². The number of benzene rings is 1. The molecule has 2 heterocycles. The molecule has 23 heavy (non-hydrogen) atoms. The molecule has 1 amide bonds. The molecule has 1 aromatic carbocycles. The summed E-state index contributed by atoms with van der Waals surface area (Å²) in [5.41, 5.74) is 0.974. The molecule has 1 aromatic heterocycles. The van der Waals surface area contributed by atoms with Gasteiger partial charge in [-0.05, 0) is 22.4 Å². The van der Waals surface area contributed by atoms with Gasteiger partial charge in [0, 0.05) is 12.5 Å². The number of amides is 1. The van der Waals surface area contributed by atoms with Crippen LogP contribution in [0.3, 0.4) is 0 Å². The Morgan fingerprint density at radius 3 is 2.74 bits per heavy atom. The van der Waals surface area contributed by atoms with Gasteiger partial charge in [0.05, 0.1) is 11.5 Å². The van der Waals surface area contributed by atoms with E-state index in [1.165, 1.54) is 11.0 Å². The summed E-state index contributed by atoms with van der Waals surface area (Å²) < 4.78 is 24.4. The van der Waals surface area contributed by atoms with E-state index in [1.54, 1.807) is 0 Å². The summed E-state index contributed by atoms with van der Waals surface area (Å²) in [6, 6.07) is 8.58. The number of carbonyl (C=O) groups excluding carboxylic acids is 1. The Hall–Kier alpha value is -2.29. The molecule has 1 aliphatic rings. The van der Waals surface area contributed by atoms with Gasteiger partial charge >= 0.3 is 0 Å². The summed E-state index contributed by atoms with van der Waals surface area (Å²) in [4.78, 5) is 12.6. The minimum atomic E-state index is -3.04. The Morgan fingerprint density at radius 1 is 1.35 bits per heavy atom. The van der Waals surface area contributed by atoms with Crippen LogP contribution in [0.5, 0.6) is 0 Å². The monoisotopic (exact) mass is 335 g/mol. The Kier molecular flexibility index (Phi) is 4.37. The average molecular weight is 335 g/mol. The van der Waals surface area contributed by atoms with Gasteiger partial charge in [0.1, 0.15) is 12.4 Å². The van der Waals surface area contributed by atoms with Gasteiger partial charge in [-0.2, -0.15) is 0 Å². The lowest BCUT2D eigenvalue weighted by Gasteiger charge is -2.19. The third-order valence-electron chi connectivity index (χ3n) is 3.84. The highest BCUT2D eigenvalue weighted by Crippen LogP contribution is 2.16. The van der Waals surface area contributed by atoms with Gasteiger partial charge in [0.15, 0.2) is 9.84 Å². The molecule has 0 radical (unpaired) electrons. The largest absolute Gasteiger partial charge is 0.350 e. The summed E-state index contributed by atoms with van der Waals surface area (Å²) >= 11 is 0. The molecular weight excluding hydrogens is 318 g/mol. The average Bonchev–Trinajstić information content (AvgIpc) is 3.15. The number of sulfone groups is 1. The molecule has 0 bridgehead atoms. The van der Waals surface area contributed by atoms with Gasteiger partial charge in [0.2, 0.25) is 5.91 Å². The summed E-state index contributed by atoms with van der Waals surface area (Å²) in [6.07, 6.45) is 2.26. The second-order valence-corrected chi connectivity index (χ2v) is 7.83. The Labute approximate surface area is 133 Å². The molecule has 0 spiro atoms. The predicted molar refractivity (Wildman–Crippen MR) is 82.2 cm³/mol. The number of hydrogen-bond donors (Lipinski definition) is 1. The second kappa shape index (κ2) is 6.45. The Morgan fingerprint density at radius 2 is 2.13 bits per heavy atom. The van der Waals surface area contributed by atoms with Crippen LogP contribution in [0.25, 0.3) is 0 Å². The van der Waals surface area contributed by atoms with E-state index in [0.29, 0.717) is 12.8 Å². The number of nitrogens with one attached hydrogen (secondary N) is 1. The quantitative estimate of drug-likeness (QED) is 0.808. The summed E-state index contributed by atoms with van der Waals surface area (Å²) in [6.45, 7) is 0. The van der Waals surface area contributed by atoms with Crippen molar-refractivity contribution >= 4 is 15.7 Å². The van der Waals surface area contributed by atoms with Gasteiger partial charge in [-0.1, -0.05) is 30.3 Å². The molecule has 1 N–H and O–H groups in total. The van der Waals surface area contributed by atoms with Crippen molar-refractivity contribution in [2.45, 2.75) is 24.9 Å². The zero-order valence-electron chi connectivity index (χ0n) is 12.4. The standard InChI is InChI=1S/C14H17N5O3S/c20-14(16-12-6-7-23(21,22)9-12)13(19-10-15-17-18-19)8-11-4-2-1-3-5-11/h1-5,10,12-13H,6-9H2,(H,16,20)/t12?,13-/m0/s1. The van der Waals surface area contributed by atoms with Crippen molar-refractivity contribution in [3.8, 4) is 0 Å². The van der Waals surface area contributed by atoms with Crippen LogP contribution in [-0.2, 0) is 21.1 Å². The molecule has 122 valence electrons. The molecule has 0 aliphatic carbocycles. The highest BCUT2D eigenvalue weighted by atomic mass is 32.2. The number of carbonyl (C=O) groups is 1. The van der Waals surface area contributed by atoms with E-state index in [1.807, 2.05) is 30.3 Å². The molecular formula is C14H17N5O3S. The van der Waals surface area contributed by atoms with Crippen LogP contribution >= 0.6 is 0 Å². The number of nitrogens with zero attached hydrogens (tertiary/aromatic N) is 4. The summed E-state index contributed by atoms with van der Waals surface area (Å²) in [7, 11) is -3.04. The zero-order valence-corrected chi connectivity index (χ0v) is 13.2. The van der Waals surface area contributed by atoms with E-state index in [4.69, 9.17) is 0 Å². The molecule has 1 fully saturated rings. The first-order valence-electron chi connectivity index (χ1n) is 7.31. The van der Waals surface area contributed by atoms with Gasteiger partial charge in [-0.25, -0.2) is 13.1 Å². The molecule has 8 nitrogen and oxygen atoms in total. The van der Waals surface area contributed by atoms with Crippen molar-refractivity contribution in [1.82, 2.24) is 25.5 Å². The zero-order chi connectivity index (χ0) is 16.3. The van der Waals surface area contributed by atoms with Crippen LogP contribution in [0.4, 0.5) is 0 Å². The van der Waals surface area contributed by atoms with Crippen molar-refractivity contribution in [3.63, 3.8) is 0 Å². The fourth-order valence-corrected chi connectivity index (χ4v) is 4.33. The molecule has 9 heteroatoms. The van der Waals surface area contributed by atoms with Gasteiger partial charge in [0.25, 0.3) is 0 Å². The summed E-state index contributed by atoms with van der Waals surface area (Å²) in [5.74, 6) is -0.165. The van der Waals surface area contributed by atoms with Crippen molar-refractivity contribution in [2.24, 2.45) is 0 Å². The minimum absolute atomic E-state index is 0.00754. The first-order chi connectivity index (χ1) is 11.0. The Bertz CT molecular complexity index is 761. The minimum Gasteiger partial charge on any atom is -0.350 e. The normalized spacial score (nSPS) is 21.0. The third-order valence-corrected chi connectivity index (χ3v) is 5.61. The van der Waals surface area contributed by atoms with Gasteiger partial charge in [-0.3, -0.25) is 4.79 Å². The number of hydrogen-bond acceptors (Lipinski definition) is 6. The van der Waals surface area contributed by atoms with E-state index in [2.05, 4.69) is 20.8 Å². The maximum Gasteiger partial charge on any atom is 0.245 e. The highest BCUT2D eigenvalue weighted by molar-refractivity contribution is 7.91. The third kappa shape index (κ3) is 3.92. The highest BCUT2D eigenvalue weighted by Gasteiger charge is 2.31. The molecule has 2 aromatic rings. The number of aromatic nitrogens is 4. The van der Waals surface area contributed by atoms with Crippen molar-refractivity contribution in [1.29, 1.82) is 0 Å². The van der Waals surface area contributed by atoms with E-state index < -0.39 is 15.9 Å². The number of tetrazole rings is 1. The lowest BCUT2D eigenvalue weighted by Crippen LogP contribution is -2.41. The summed E-state index contributed by atoms with van der Waals surface area (Å²) in [5, 5.41) is 13.8. The molecule has 1 aliphatic heterocycles. The van der Waals surface area contributed by atoms with E-state index in [9.17, 15) is 13.2 Å². The van der Waals surface area contributed by atoms with E-state index in [-0.39, 0.29) is 23.5 Å². The fraction of sp³-hybridized carbons (Fsp3) is 0.429. The fourth-order valence-electron chi connectivity index (χ4n) is 2.66. The van der Waals surface area contributed by atoms with Crippen LogP contribution in [0.2, 0.25) is 0 Å². The van der Waals surface area contributed by atoms with Gasteiger partial charge < -0.3 is 5.32 Å². The first-order valence-corrected chi connectivity index (χ1v) is 9.13. The van der Waals surface area contributed by atoms with E-state index >= 15 is 0 Å². The number of rotatable bonds is 5. The topological polar surface area (TPSA) is 107 Å². The van der Waals surface area contributed by atoms with Crippen molar-refractivity contribution in [2.75, 3.05) is 11.5 Å². The SMILES string of the molecule is O=C(NC1CCS(=O)(=O)C1)[C@H](Cc1ccccc1)n1cnnn1. The Balaban J connectivity index is 1.74. The smallest absolute Gasteiger partial charge is 0.245 e. The lowest BCUT2D eigenvalue weighted by molar-refractivity contribution is -0.125. The first kappa shape index (κ1) is 15.6. The van der Waals surface area contributed by atoms with Gasteiger partial charge in [-0.15, -0.1) is 5.10 Å². The molecule has 1 unspecified atom stereocenters. The molecule has 3 rings (SSSR count). The van der Waals surface area contributed by atoms with Crippen LogP contribution in [-0.4, -0.2) is 52.1 Å². The molecule has 1 saturated heterocycles. The lowest BCUT2D eigenvalue weighted by atomic mass is 10.1. The van der Waals surface area contributed by atoms with Crippen LogP contribution in [0, 0.1) is 0 Å². The predicted octanol–water partition coefficient (Wildman–Crippen LogP) is -0.240. The van der Waals surface area contributed by atoms with Crippen LogP contribution < -0.4 is 5.32 Å². The molecule has 0 saturated carbocycles. The maximum absolute atomic E-state index is 12.6. The van der Waals surface area contributed by atoms with Crippen LogP contribution in [0.1, 0.15) is 18.0 Å². The maximum atomic E-state index is 12.6. The van der Waals surface area contributed by atoms with E-state index in [0.717, 1.165) is 5.56 Å². The van der Waals surface area contributed by atoms with Crippen molar-refractivity contribution in [3.05, 3.63) is 42.2 Å². The molecule has 2 atom stereocenters.